The summed E-state index contributed by atoms with van der Waals surface area (Å²) < 4.78 is 0. The minimum absolute atomic E-state index is 0.286. The van der Waals surface area contributed by atoms with Crippen molar-refractivity contribution in [2.45, 2.75) is 13.8 Å². The van der Waals surface area contributed by atoms with Crippen LogP contribution in [-0.4, -0.2) is 25.9 Å². The van der Waals surface area contributed by atoms with E-state index in [0.29, 0.717) is 16.8 Å². The molecule has 0 spiro atoms. The van der Waals surface area contributed by atoms with Gasteiger partial charge in [0.1, 0.15) is 5.70 Å². The zero-order chi connectivity index (χ0) is 22.1. The number of nitrogens with one attached hydrogen (secondary N) is 1. The van der Waals surface area contributed by atoms with Crippen molar-refractivity contribution in [1.29, 1.82) is 0 Å². The van der Waals surface area contributed by atoms with Gasteiger partial charge < -0.3 is 10.2 Å². The lowest BCUT2D eigenvalue weighted by molar-refractivity contribution is -0.120. The van der Waals surface area contributed by atoms with Crippen LogP contribution in [0.25, 0.3) is 5.57 Å². The van der Waals surface area contributed by atoms with E-state index in [1.807, 2.05) is 93.5 Å². The Labute approximate surface area is 182 Å². The molecule has 0 bridgehead atoms. The van der Waals surface area contributed by atoms with Crippen molar-refractivity contribution in [1.82, 2.24) is 0 Å². The Hall–Kier alpha value is -3.86. The average Bonchev–Trinajstić information content (AvgIpc) is 3.00. The summed E-state index contributed by atoms with van der Waals surface area (Å²) in [5, 5.41) is 3.20. The maximum absolute atomic E-state index is 13.5. The first kappa shape index (κ1) is 20.4. The molecule has 0 unspecified atom stereocenters. The second kappa shape index (κ2) is 8.11. The van der Waals surface area contributed by atoms with Gasteiger partial charge in [-0.1, -0.05) is 47.5 Å². The van der Waals surface area contributed by atoms with Gasteiger partial charge in [0.15, 0.2) is 0 Å². The van der Waals surface area contributed by atoms with E-state index in [4.69, 9.17) is 0 Å². The van der Waals surface area contributed by atoms with E-state index in [2.05, 4.69) is 5.32 Å². The van der Waals surface area contributed by atoms with E-state index < -0.39 is 0 Å². The lowest BCUT2D eigenvalue weighted by Crippen LogP contribution is -2.32. The summed E-state index contributed by atoms with van der Waals surface area (Å²) in [7, 11) is 3.89. The molecule has 0 saturated carbocycles. The van der Waals surface area contributed by atoms with E-state index in [-0.39, 0.29) is 17.5 Å². The Morgan fingerprint density at radius 1 is 0.710 bits per heavy atom. The molecule has 0 atom stereocenters. The normalized spacial score (nSPS) is 13.7. The molecule has 1 aliphatic heterocycles. The lowest BCUT2D eigenvalue weighted by Gasteiger charge is -2.18. The third kappa shape index (κ3) is 3.94. The summed E-state index contributed by atoms with van der Waals surface area (Å²) in [5.74, 6) is -0.695. The maximum atomic E-state index is 13.5. The first-order valence-electron chi connectivity index (χ1n) is 10.2. The lowest BCUT2D eigenvalue weighted by atomic mass is 10.0. The molecule has 4 rings (SSSR count). The highest BCUT2D eigenvalue weighted by molar-refractivity contribution is 6.46. The monoisotopic (exact) mass is 411 g/mol. The Morgan fingerprint density at radius 3 is 1.81 bits per heavy atom. The van der Waals surface area contributed by atoms with Crippen LogP contribution in [0.3, 0.4) is 0 Å². The number of anilines is 3. The number of imide groups is 1. The van der Waals surface area contributed by atoms with E-state index >= 15 is 0 Å². The Balaban J connectivity index is 1.77. The molecule has 5 nitrogen and oxygen atoms in total. The van der Waals surface area contributed by atoms with E-state index in [0.717, 1.165) is 22.5 Å². The van der Waals surface area contributed by atoms with Crippen LogP contribution in [0.4, 0.5) is 17.1 Å². The minimum atomic E-state index is -0.362. The van der Waals surface area contributed by atoms with Crippen molar-refractivity contribution in [2.24, 2.45) is 0 Å². The van der Waals surface area contributed by atoms with Gasteiger partial charge in [-0.05, 0) is 55.8 Å². The number of hydrogen-bond acceptors (Lipinski definition) is 4. The van der Waals surface area contributed by atoms with Crippen LogP contribution in [0.1, 0.15) is 16.7 Å². The van der Waals surface area contributed by atoms with E-state index in [1.54, 1.807) is 12.1 Å². The molecule has 0 fully saturated rings. The average molecular weight is 412 g/mol. The van der Waals surface area contributed by atoms with Crippen molar-refractivity contribution in [3.8, 4) is 0 Å². The van der Waals surface area contributed by atoms with Crippen molar-refractivity contribution >= 4 is 34.4 Å². The molecule has 1 heterocycles. The highest BCUT2D eigenvalue weighted by Crippen LogP contribution is 2.34. The Morgan fingerprint density at radius 2 is 1.26 bits per heavy atom. The number of hydrogen-bond donors (Lipinski definition) is 1. The number of nitrogens with zero attached hydrogens (tertiary/aromatic N) is 2. The number of amides is 2. The van der Waals surface area contributed by atoms with Gasteiger partial charge in [0.25, 0.3) is 11.8 Å². The molecule has 3 aromatic carbocycles. The highest BCUT2D eigenvalue weighted by Gasteiger charge is 2.40. The smallest absolute Gasteiger partial charge is 0.282 e. The minimum Gasteiger partial charge on any atom is -0.378 e. The van der Waals surface area contributed by atoms with Gasteiger partial charge in [-0.3, -0.25) is 9.59 Å². The molecule has 0 aliphatic carbocycles. The van der Waals surface area contributed by atoms with Crippen LogP contribution in [0.15, 0.2) is 78.5 Å². The third-order valence-corrected chi connectivity index (χ3v) is 5.37. The molecule has 5 heteroatoms. The van der Waals surface area contributed by atoms with E-state index in [9.17, 15) is 9.59 Å². The van der Waals surface area contributed by atoms with Crippen LogP contribution in [-0.2, 0) is 9.59 Å². The van der Waals surface area contributed by atoms with Gasteiger partial charge in [-0.15, -0.1) is 0 Å². The molecule has 0 saturated heterocycles. The molecule has 156 valence electrons. The Kier molecular flexibility index (Phi) is 5.34. The summed E-state index contributed by atoms with van der Waals surface area (Å²) in [5.41, 5.74) is 5.89. The predicted molar refractivity (Wildman–Crippen MR) is 126 cm³/mol. The molecular formula is C26H25N3O2. The van der Waals surface area contributed by atoms with Gasteiger partial charge in [0, 0.05) is 25.5 Å². The SMILES string of the molecule is Cc1ccc(NC2=C(c3ccc(C)cc3)C(=O)N(c3ccc(N(C)C)cc3)C2=O)cc1. The second-order valence-electron chi connectivity index (χ2n) is 7.96. The molecule has 1 aliphatic rings. The van der Waals surface area contributed by atoms with Crippen molar-refractivity contribution in [3.05, 3.63) is 95.2 Å². The van der Waals surface area contributed by atoms with Crippen LogP contribution in [0.2, 0.25) is 0 Å². The molecular weight excluding hydrogens is 386 g/mol. The van der Waals surface area contributed by atoms with Crippen LogP contribution in [0, 0.1) is 13.8 Å². The molecule has 1 N–H and O–H groups in total. The quantitative estimate of drug-likeness (QED) is 0.615. The summed E-state index contributed by atoms with van der Waals surface area (Å²) >= 11 is 0. The zero-order valence-electron chi connectivity index (χ0n) is 18.1. The molecule has 31 heavy (non-hydrogen) atoms. The summed E-state index contributed by atoms with van der Waals surface area (Å²) in [6.45, 7) is 3.99. The molecule has 2 amide bonds. The fraction of sp³-hybridized carbons (Fsp3) is 0.154. The fourth-order valence-electron chi connectivity index (χ4n) is 3.55. The van der Waals surface area contributed by atoms with Crippen LogP contribution >= 0.6 is 0 Å². The fourth-order valence-corrected chi connectivity index (χ4v) is 3.55. The maximum Gasteiger partial charge on any atom is 0.282 e. The number of rotatable bonds is 5. The van der Waals surface area contributed by atoms with Gasteiger partial charge in [-0.2, -0.15) is 0 Å². The number of carbonyl (C=O) groups excluding carboxylic acids is 2. The summed E-state index contributed by atoms with van der Waals surface area (Å²) in [4.78, 5) is 30.1. The number of aryl methyl sites for hydroxylation is 2. The first-order valence-corrected chi connectivity index (χ1v) is 10.2. The van der Waals surface area contributed by atoms with Gasteiger partial charge in [0.2, 0.25) is 0 Å². The molecule has 3 aromatic rings. The van der Waals surface area contributed by atoms with Crippen LogP contribution in [0.5, 0.6) is 0 Å². The first-order chi connectivity index (χ1) is 14.8. The van der Waals surface area contributed by atoms with Crippen molar-refractivity contribution < 1.29 is 9.59 Å². The topological polar surface area (TPSA) is 52.7 Å². The van der Waals surface area contributed by atoms with Gasteiger partial charge in [0.05, 0.1) is 11.3 Å². The number of carbonyl (C=O) groups is 2. The van der Waals surface area contributed by atoms with Crippen LogP contribution < -0.4 is 15.1 Å². The largest absolute Gasteiger partial charge is 0.378 e. The van der Waals surface area contributed by atoms with Crippen molar-refractivity contribution in [2.75, 3.05) is 29.2 Å². The van der Waals surface area contributed by atoms with Gasteiger partial charge >= 0.3 is 0 Å². The second-order valence-corrected chi connectivity index (χ2v) is 7.96. The zero-order valence-corrected chi connectivity index (χ0v) is 18.1. The Bertz CT molecular complexity index is 1160. The molecule has 0 aromatic heterocycles. The van der Waals surface area contributed by atoms with Gasteiger partial charge in [-0.25, -0.2) is 4.90 Å². The predicted octanol–water partition coefficient (Wildman–Crippen LogP) is 4.77. The van der Waals surface area contributed by atoms with Crippen molar-refractivity contribution in [3.63, 3.8) is 0 Å². The third-order valence-electron chi connectivity index (χ3n) is 5.37. The van der Waals surface area contributed by atoms with E-state index in [1.165, 1.54) is 4.90 Å². The summed E-state index contributed by atoms with van der Waals surface area (Å²) in [6.07, 6.45) is 0. The molecule has 0 radical (unpaired) electrons. The number of benzene rings is 3. The highest BCUT2D eigenvalue weighted by atomic mass is 16.2. The standard InChI is InChI=1S/C26H25N3O2/c1-17-5-9-19(10-6-17)23-24(27-20-11-7-18(2)8-12-20)26(31)29(25(23)30)22-15-13-21(14-16-22)28(3)4/h5-16,27H,1-4H3. The summed E-state index contributed by atoms with van der Waals surface area (Å²) in [6, 6.07) is 22.8.